The third-order valence-corrected chi connectivity index (χ3v) is 3.90. The Hall–Kier alpha value is -1.26. The lowest BCUT2D eigenvalue weighted by atomic mass is 9.82. The number of rotatable bonds is 6. The molecule has 5 heteroatoms. The van der Waals surface area contributed by atoms with Gasteiger partial charge < -0.3 is 15.3 Å². The molecule has 1 saturated carbocycles. The summed E-state index contributed by atoms with van der Waals surface area (Å²) in [5.41, 5.74) is 0. The highest BCUT2D eigenvalue weighted by Crippen LogP contribution is 2.28. The van der Waals surface area contributed by atoms with Crippen molar-refractivity contribution in [2.45, 2.75) is 46.0 Å². The second-order valence-electron chi connectivity index (χ2n) is 5.32. The van der Waals surface area contributed by atoms with Gasteiger partial charge in [0.05, 0.1) is 5.92 Å². The number of amides is 2. The van der Waals surface area contributed by atoms with Crippen LogP contribution in [0, 0.1) is 11.8 Å². The van der Waals surface area contributed by atoms with Crippen molar-refractivity contribution in [2.24, 2.45) is 11.8 Å². The minimum atomic E-state index is -0.678. The first kappa shape index (κ1) is 15.8. The summed E-state index contributed by atoms with van der Waals surface area (Å²) in [4.78, 5) is 24.6. The topological polar surface area (TPSA) is 69.6 Å². The number of hydrogen-bond donors (Lipinski definition) is 2. The standard InChI is InChI=1S/C14H26N2O3/c1-3-9-16(4-2)14(19)15-10-11-5-7-12(8-6-11)13(17)18/h11-12H,3-10H2,1-2H3,(H,15,19)(H,17,18). The molecule has 19 heavy (non-hydrogen) atoms. The largest absolute Gasteiger partial charge is 0.481 e. The molecule has 0 bridgehead atoms. The van der Waals surface area contributed by atoms with Crippen LogP contribution in [0.5, 0.6) is 0 Å². The van der Waals surface area contributed by atoms with Gasteiger partial charge in [-0.2, -0.15) is 0 Å². The number of carbonyl (C=O) groups excluding carboxylic acids is 1. The number of carboxylic acids is 1. The summed E-state index contributed by atoms with van der Waals surface area (Å²) < 4.78 is 0. The summed E-state index contributed by atoms with van der Waals surface area (Å²) in [6.07, 6.45) is 4.24. The summed E-state index contributed by atoms with van der Waals surface area (Å²) in [5.74, 6) is -0.429. The zero-order valence-corrected chi connectivity index (χ0v) is 12.0. The van der Waals surface area contributed by atoms with Crippen LogP contribution >= 0.6 is 0 Å². The van der Waals surface area contributed by atoms with E-state index in [1.54, 1.807) is 0 Å². The fourth-order valence-corrected chi connectivity index (χ4v) is 2.63. The van der Waals surface area contributed by atoms with Crippen LogP contribution in [0.4, 0.5) is 4.79 Å². The summed E-state index contributed by atoms with van der Waals surface area (Å²) in [7, 11) is 0. The van der Waals surface area contributed by atoms with Crippen molar-refractivity contribution < 1.29 is 14.7 Å². The number of carboxylic acid groups (broad SMARTS) is 1. The van der Waals surface area contributed by atoms with Crippen molar-refractivity contribution in [1.82, 2.24) is 10.2 Å². The number of urea groups is 1. The van der Waals surface area contributed by atoms with E-state index in [-0.39, 0.29) is 11.9 Å². The number of hydrogen-bond acceptors (Lipinski definition) is 2. The van der Waals surface area contributed by atoms with Gasteiger partial charge in [-0.05, 0) is 44.9 Å². The maximum Gasteiger partial charge on any atom is 0.317 e. The van der Waals surface area contributed by atoms with E-state index >= 15 is 0 Å². The van der Waals surface area contributed by atoms with Crippen molar-refractivity contribution in [1.29, 1.82) is 0 Å². The highest BCUT2D eigenvalue weighted by molar-refractivity contribution is 5.74. The predicted octanol–water partition coefficient (Wildman–Crippen LogP) is 2.32. The fourth-order valence-electron chi connectivity index (χ4n) is 2.63. The smallest absolute Gasteiger partial charge is 0.317 e. The fraction of sp³-hybridized carbons (Fsp3) is 0.857. The molecule has 0 heterocycles. The molecule has 1 fully saturated rings. The minimum absolute atomic E-state index is 0.00436. The molecule has 5 nitrogen and oxygen atoms in total. The molecule has 0 aromatic rings. The van der Waals surface area contributed by atoms with E-state index < -0.39 is 5.97 Å². The van der Waals surface area contributed by atoms with Crippen molar-refractivity contribution in [3.8, 4) is 0 Å². The molecule has 2 amide bonds. The Bertz CT molecular complexity index is 299. The summed E-state index contributed by atoms with van der Waals surface area (Å²) >= 11 is 0. The third-order valence-electron chi connectivity index (χ3n) is 3.90. The highest BCUT2D eigenvalue weighted by Gasteiger charge is 2.26. The van der Waals surface area contributed by atoms with Crippen molar-refractivity contribution in [3.63, 3.8) is 0 Å². The maximum atomic E-state index is 11.9. The minimum Gasteiger partial charge on any atom is -0.481 e. The van der Waals surface area contributed by atoms with Crippen LogP contribution in [-0.4, -0.2) is 41.6 Å². The van der Waals surface area contributed by atoms with Crippen LogP contribution in [-0.2, 0) is 4.79 Å². The average molecular weight is 270 g/mol. The Morgan fingerprint density at radius 3 is 2.32 bits per heavy atom. The Morgan fingerprint density at radius 2 is 1.84 bits per heavy atom. The van der Waals surface area contributed by atoms with Crippen LogP contribution < -0.4 is 5.32 Å². The molecule has 2 N–H and O–H groups in total. The van der Waals surface area contributed by atoms with Gasteiger partial charge in [0.25, 0.3) is 0 Å². The van der Waals surface area contributed by atoms with E-state index in [4.69, 9.17) is 5.11 Å². The van der Waals surface area contributed by atoms with Crippen molar-refractivity contribution >= 4 is 12.0 Å². The summed E-state index contributed by atoms with van der Waals surface area (Å²) in [5, 5.41) is 11.9. The third kappa shape index (κ3) is 5.09. The van der Waals surface area contributed by atoms with E-state index in [9.17, 15) is 9.59 Å². The number of nitrogens with zero attached hydrogens (tertiary/aromatic N) is 1. The first-order valence-electron chi connectivity index (χ1n) is 7.34. The van der Waals surface area contributed by atoms with E-state index in [2.05, 4.69) is 12.2 Å². The van der Waals surface area contributed by atoms with Crippen LogP contribution in [0.25, 0.3) is 0 Å². The molecule has 0 spiro atoms. The van der Waals surface area contributed by atoms with Gasteiger partial charge in [0.2, 0.25) is 0 Å². The molecule has 1 aliphatic carbocycles. The molecule has 0 atom stereocenters. The van der Waals surface area contributed by atoms with Gasteiger partial charge in [-0.15, -0.1) is 0 Å². The van der Waals surface area contributed by atoms with Crippen molar-refractivity contribution in [3.05, 3.63) is 0 Å². The first-order chi connectivity index (χ1) is 9.08. The van der Waals surface area contributed by atoms with E-state index in [1.165, 1.54) is 0 Å². The summed E-state index contributed by atoms with van der Waals surface area (Å²) in [6, 6.07) is 0.00436. The molecule has 0 radical (unpaired) electrons. The molecule has 1 rings (SSSR count). The molecule has 0 saturated heterocycles. The van der Waals surface area contributed by atoms with E-state index in [0.29, 0.717) is 12.5 Å². The monoisotopic (exact) mass is 270 g/mol. The molecule has 0 aromatic carbocycles. The van der Waals surface area contributed by atoms with Crippen LogP contribution in [0.15, 0.2) is 0 Å². The SMILES string of the molecule is CCCN(CC)C(=O)NCC1CCC(C(=O)O)CC1. The Morgan fingerprint density at radius 1 is 1.21 bits per heavy atom. The molecule has 1 aliphatic rings. The number of nitrogens with one attached hydrogen (secondary N) is 1. The second kappa shape index (κ2) is 8.02. The molecule has 0 aromatic heterocycles. The lowest BCUT2D eigenvalue weighted by molar-refractivity contribution is -0.143. The lowest BCUT2D eigenvalue weighted by Gasteiger charge is -2.27. The second-order valence-corrected chi connectivity index (χ2v) is 5.32. The van der Waals surface area contributed by atoms with Gasteiger partial charge in [0, 0.05) is 19.6 Å². The Labute approximate surface area is 115 Å². The van der Waals surface area contributed by atoms with Gasteiger partial charge in [-0.25, -0.2) is 4.79 Å². The molecular formula is C14H26N2O3. The predicted molar refractivity (Wildman–Crippen MR) is 74.0 cm³/mol. The number of aliphatic carboxylic acids is 1. The van der Waals surface area contributed by atoms with E-state index in [0.717, 1.165) is 45.2 Å². The molecule has 0 unspecified atom stereocenters. The van der Waals surface area contributed by atoms with Gasteiger partial charge in [0.15, 0.2) is 0 Å². The summed E-state index contributed by atoms with van der Waals surface area (Å²) in [6.45, 7) is 6.22. The van der Waals surface area contributed by atoms with Gasteiger partial charge in [0.1, 0.15) is 0 Å². The Kier molecular flexibility index (Phi) is 6.67. The first-order valence-corrected chi connectivity index (χ1v) is 7.34. The highest BCUT2D eigenvalue weighted by atomic mass is 16.4. The molecular weight excluding hydrogens is 244 g/mol. The average Bonchev–Trinajstić information content (AvgIpc) is 2.42. The Balaban J connectivity index is 2.26. The van der Waals surface area contributed by atoms with Crippen molar-refractivity contribution in [2.75, 3.05) is 19.6 Å². The zero-order chi connectivity index (χ0) is 14.3. The normalized spacial score (nSPS) is 22.8. The molecule has 0 aliphatic heterocycles. The van der Waals surface area contributed by atoms with Crippen LogP contribution in [0.3, 0.4) is 0 Å². The van der Waals surface area contributed by atoms with E-state index in [1.807, 2.05) is 11.8 Å². The van der Waals surface area contributed by atoms with Crippen LogP contribution in [0.1, 0.15) is 46.0 Å². The quantitative estimate of drug-likeness (QED) is 0.778. The van der Waals surface area contributed by atoms with Gasteiger partial charge in [-0.1, -0.05) is 6.92 Å². The number of carbonyl (C=O) groups is 2. The van der Waals surface area contributed by atoms with Gasteiger partial charge >= 0.3 is 12.0 Å². The van der Waals surface area contributed by atoms with Gasteiger partial charge in [-0.3, -0.25) is 4.79 Å². The molecule has 110 valence electrons. The maximum absolute atomic E-state index is 11.9. The van der Waals surface area contributed by atoms with Crippen LogP contribution in [0.2, 0.25) is 0 Å². The zero-order valence-electron chi connectivity index (χ0n) is 12.0. The lowest BCUT2D eigenvalue weighted by Crippen LogP contribution is -2.42.